The van der Waals surface area contributed by atoms with E-state index in [4.69, 9.17) is 0 Å². The molecular formula is C22H19FN4O3S. The number of fused-ring (bicyclic) bond motifs is 1. The zero-order chi connectivity index (χ0) is 22.0. The highest BCUT2D eigenvalue weighted by Crippen LogP contribution is 2.21. The van der Waals surface area contributed by atoms with Gasteiger partial charge < -0.3 is 9.88 Å². The quantitative estimate of drug-likeness (QED) is 0.482. The molecule has 0 saturated heterocycles. The van der Waals surface area contributed by atoms with Gasteiger partial charge in [-0.2, -0.15) is 0 Å². The molecule has 1 amide bonds. The summed E-state index contributed by atoms with van der Waals surface area (Å²) in [6.45, 7) is 0.170. The molecule has 3 aromatic carbocycles. The monoisotopic (exact) mass is 438 g/mol. The van der Waals surface area contributed by atoms with Crippen molar-refractivity contribution in [2.75, 3.05) is 4.72 Å². The first kappa shape index (κ1) is 20.5. The summed E-state index contributed by atoms with van der Waals surface area (Å²) in [6, 6.07) is 18.3. The van der Waals surface area contributed by atoms with Gasteiger partial charge in [-0.3, -0.25) is 9.52 Å². The first-order chi connectivity index (χ1) is 14.8. The molecule has 0 aliphatic rings. The molecule has 0 fully saturated rings. The fourth-order valence-corrected chi connectivity index (χ4v) is 4.28. The molecule has 0 radical (unpaired) electrons. The summed E-state index contributed by atoms with van der Waals surface area (Å²) in [5, 5.41) is 2.78. The summed E-state index contributed by atoms with van der Waals surface area (Å²) >= 11 is 0. The van der Waals surface area contributed by atoms with Crippen LogP contribution in [0.2, 0.25) is 0 Å². The maximum Gasteiger partial charge on any atom is 0.261 e. The zero-order valence-electron chi connectivity index (χ0n) is 16.5. The third-order valence-corrected chi connectivity index (χ3v) is 6.21. The molecule has 0 saturated carbocycles. The molecule has 0 spiro atoms. The normalized spacial score (nSPS) is 11.4. The van der Waals surface area contributed by atoms with E-state index in [0.29, 0.717) is 5.82 Å². The second kappa shape index (κ2) is 8.19. The van der Waals surface area contributed by atoms with E-state index in [1.165, 1.54) is 12.1 Å². The summed E-state index contributed by atoms with van der Waals surface area (Å²) in [5.41, 5.74) is 2.04. The molecule has 0 bridgehead atoms. The van der Waals surface area contributed by atoms with E-state index in [1.807, 2.05) is 35.9 Å². The van der Waals surface area contributed by atoms with Crippen molar-refractivity contribution < 1.29 is 17.6 Å². The van der Waals surface area contributed by atoms with Crippen LogP contribution in [0, 0.1) is 5.82 Å². The third-order valence-electron chi connectivity index (χ3n) is 4.83. The van der Waals surface area contributed by atoms with Crippen molar-refractivity contribution in [3.8, 4) is 0 Å². The Kier molecular flexibility index (Phi) is 5.43. The van der Waals surface area contributed by atoms with E-state index in [1.54, 1.807) is 12.1 Å². The van der Waals surface area contributed by atoms with Gasteiger partial charge in [0.05, 0.1) is 33.7 Å². The molecule has 0 atom stereocenters. The molecule has 4 aromatic rings. The van der Waals surface area contributed by atoms with Crippen LogP contribution < -0.4 is 10.0 Å². The van der Waals surface area contributed by atoms with Crippen LogP contribution in [-0.2, 0) is 23.6 Å². The number of aromatic nitrogens is 2. The van der Waals surface area contributed by atoms with Gasteiger partial charge in [0.25, 0.3) is 15.9 Å². The van der Waals surface area contributed by atoms with Crippen LogP contribution in [0.3, 0.4) is 0 Å². The predicted octanol–water partition coefficient (Wildman–Crippen LogP) is 3.44. The van der Waals surface area contributed by atoms with Crippen molar-refractivity contribution in [2.45, 2.75) is 11.4 Å². The number of para-hydroxylation sites is 3. The lowest BCUT2D eigenvalue weighted by Crippen LogP contribution is -2.26. The van der Waals surface area contributed by atoms with Crippen LogP contribution in [0.5, 0.6) is 0 Å². The van der Waals surface area contributed by atoms with Crippen molar-refractivity contribution in [3.63, 3.8) is 0 Å². The second-order valence-corrected chi connectivity index (χ2v) is 8.55. The highest BCUT2D eigenvalue weighted by Gasteiger charge is 2.19. The number of benzene rings is 3. The van der Waals surface area contributed by atoms with Crippen molar-refractivity contribution in [1.82, 2.24) is 14.9 Å². The maximum atomic E-state index is 13.1. The number of halogens is 1. The number of amides is 1. The summed E-state index contributed by atoms with van der Waals surface area (Å²) in [6.07, 6.45) is 0. The van der Waals surface area contributed by atoms with Crippen LogP contribution in [0.4, 0.5) is 10.1 Å². The Bertz CT molecular complexity index is 1370. The largest absolute Gasteiger partial charge is 0.345 e. The van der Waals surface area contributed by atoms with Gasteiger partial charge in [0.2, 0.25) is 0 Å². The average molecular weight is 438 g/mol. The van der Waals surface area contributed by atoms with Crippen molar-refractivity contribution in [3.05, 3.63) is 90.0 Å². The number of hydrogen-bond donors (Lipinski definition) is 2. The first-order valence-corrected chi connectivity index (χ1v) is 10.9. The standard InChI is InChI=1S/C22H19FN4O3S/c1-27-20-9-5-4-8-19(20)25-21(27)14-24-22(28)17-6-2-3-7-18(17)26-31(29,30)16-12-10-15(23)11-13-16/h2-13,26H,14H2,1H3,(H,24,28). The molecule has 31 heavy (non-hydrogen) atoms. The molecule has 7 nitrogen and oxygen atoms in total. The van der Waals surface area contributed by atoms with Gasteiger partial charge in [0, 0.05) is 7.05 Å². The van der Waals surface area contributed by atoms with Crippen molar-refractivity contribution in [2.24, 2.45) is 7.05 Å². The van der Waals surface area contributed by atoms with Gasteiger partial charge in [0.15, 0.2) is 0 Å². The Labute approximate surface area is 178 Å². The Morgan fingerprint density at radius 3 is 2.42 bits per heavy atom. The molecule has 0 aliphatic carbocycles. The van der Waals surface area contributed by atoms with E-state index in [9.17, 15) is 17.6 Å². The minimum atomic E-state index is -3.99. The molecule has 1 aromatic heterocycles. The Balaban J connectivity index is 1.54. The van der Waals surface area contributed by atoms with Crippen LogP contribution >= 0.6 is 0 Å². The van der Waals surface area contributed by atoms with E-state index in [2.05, 4.69) is 15.0 Å². The lowest BCUT2D eigenvalue weighted by atomic mass is 10.1. The summed E-state index contributed by atoms with van der Waals surface area (Å²) in [7, 11) is -2.13. The van der Waals surface area contributed by atoms with Crippen LogP contribution in [-0.4, -0.2) is 23.9 Å². The number of hydrogen-bond acceptors (Lipinski definition) is 4. The average Bonchev–Trinajstić information content (AvgIpc) is 3.08. The van der Waals surface area contributed by atoms with E-state index in [-0.39, 0.29) is 22.7 Å². The summed E-state index contributed by atoms with van der Waals surface area (Å²) in [5.74, 6) is -0.330. The Morgan fingerprint density at radius 1 is 1.00 bits per heavy atom. The van der Waals surface area contributed by atoms with Gasteiger partial charge >= 0.3 is 0 Å². The number of nitrogens with one attached hydrogen (secondary N) is 2. The molecule has 2 N–H and O–H groups in total. The van der Waals surface area contributed by atoms with Crippen LogP contribution in [0.25, 0.3) is 11.0 Å². The number of anilines is 1. The highest BCUT2D eigenvalue weighted by atomic mass is 32.2. The molecule has 9 heteroatoms. The van der Waals surface area contributed by atoms with Gasteiger partial charge in [-0.15, -0.1) is 0 Å². The fourth-order valence-electron chi connectivity index (χ4n) is 3.20. The van der Waals surface area contributed by atoms with Crippen molar-refractivity contribution >= 4 is 32.7 Å². The van der Waals surface area contributed by atoms with Crippen molar-refractivity contribution in [1.29, 1.82) is 0 Å². The second-order valence-electron chi connectivity index (χ2n) is 6.86. The molecule has 0 aliphatic heterocycles. The zero-order valence-corrected chi connectivity index (χ0v) is 17.4. The molecule has 1 heterocycles. The lowest BCUT2D eigenvalue weighted by molar-refractivity contribution is 0.0950. The Hall–Kier alpha value is -3.72. The van der Waals surface area contributed by atoms with E-state index < -0.39 is 21.7 Å². The maximum absolute atomic E-state index is 13.1. The number of carbonyl (C=O) groups excluding carboxylic acids is 1. The predicted molar refractivity (Wildman–Crippen MR) is 116 cm³/mol. The van der Waals surface area contributed by atoms with Crippen LogP contribution in [0.1, 0.15) is 16.2 Å². The summed E-state index contributed by atoms with van der Waals surface area (Å²) < 4.78 is 42.7. The molecule has 0 unspecified atom stereocenters. The smallest absolute Gasteiger partial charge is 0.261 e. The summed E-state index contributed by atoms with van der Waals surface area (Å²) in [4.78, 5) is 17.2. The van der Waals surface area contributed by atoms with Crippen LogP contribution in [0.15, 0.2) is 77.7 Å². The Morgan fingerprint density at radius 2 is 1.68 bits per heavy atom. The fraction of sp³-hybridized carbons (Fsp3) is 0.0909. The number of imidazole rings is 1. The van der Waals surface area contributed by atoms with Gasteiger partial charge in [0.1, 0.15) is 11.6 Å². The minimum absolute atomic E-state index is 0.108. The number of carbonyl (C=O) groups is 1. The van der Waals surface area contributed by atoms with Gasteiger partial charge in [-0.1, -0.05) is 24.3 Å². The first-order valence-electron chi connectivity index (χ1n) is 9.41. The van der Waals surface area contributed by atoms with E-state index >= 15 is 0 Å². The third kappa shape index (κ3) is 4.26. The number of aryl methyl sites for hydroxylation is 1. The number of rotatable bonds is 6. The highest BCUT2D eigenvalue weighted by molar-refractivity contribution is 7.92. The van der Waals surface area contributed by atoms with E-state index in [0.717, 1.165) is 35.3 Å². The lowest BCUT2D eigenvalue weighted by Gasteiger charge is -2.13. The SMILES string of the molecule is Cn1c(CNC(=O)c2ccccc2NS(=O)(=O)c2ccc(F)cc2)nc2ccccc21. The van der Waals surface area contributed by atoms with Gasteiger partial charge in [-0.05, 0) is 48.5 Å². The minimum Gasteiger partial charge on any atom is -0.345 e. The topological polar surface area (TPSA) is 93.1 Å². The molecular weight excluding hydrogens is 419 g/mol. The molecule has 158 valence electrons. The number of sulfonamides is 1. The molecule has 4 rings (SSSR count). The van der Waals surface area contributed by atoms with Gasteiger partial charge in [-0.25, -0.2) is 17.8 Å². The number of nitrogens with zero attached hydrogens (tertiary/aromatic N) is 2.